The molecule has 1 amide bonds. The molecule has 8 nitrogen and oxygen atoms in total. The van der Waals surface area contributed by atoms with E-state index in [1.165, 1.54) is 6.07 Å². The highest BCUT2D eigenvalue weighted by molar-refractivity contribution is 6.35. The molecule has 0 unspecified atom stereocenters. The SMILES string of the molecule is Cc1cn2cc(-c3cc(Cl)c4cc(N5C[C@@H](C)N(C(=O)OC(C)(C)C)[C@H](C)C5)cnc4n3)cc(F)c2n1. The monoisotopic (exact) mass is 524 g/mol. The number of hydrogen-bond donors (Lipinski definition) is 0. The first-order valence-electron chi connectivity index (χ1n) is 12.3. The van der Waals surface area contributed by atoms with Crippen molar-refractivity contribution in [3.05, 3.63) is 53.3 Å². The van der Waals surface area contributed by atoms with Gasteiger partial charge in [-0.2, -0.15) is 0 Å². The summed E-state index contributed by atoms with van der Waals surface area (Å²) in [5, 5.41) is 1.18. The topological polar surface area (TPSA) is 75.9 Å². The lowest BCUT2D eigenvalue weighted by atomic mass is 10.1. The highest BCUT2D eigenvalue weighted by atomic mass is 35.5. The normalized spacial score (nSPS) is 18.6. The minimum atomic E-state index is -0.548. The molecule has 0 N–H and O–H groups in total. The molecule has 0 saturated carbocycles. The van der Waals surface area contributed by atoms with Gasteiger partial charge < -0.3 is 14.0 Å². The number of carbonyl (C=O) groups is 1. The van der Waals surface area contributed by atoms with Crippen LogP contribution in [0.15, 0.2) is 36.8 Å². The molecule has 1 aliphatic heterocycles. The lowest BCUT2D eigenvalue weighted by Gasteiger charge is -2.45. The van der Waals surface area contributed by atoms with Crippen LogP contribution in [0.25, 0.3) is 27.9 Å². The summed E-state index contributed by atoms with van der Waals surface area (Å²) in [6.07, 6.45) is 5.01. The number of nitrogens with zero attached hydrogens (tertiary/aromatic N) is 6. The highest BCUT2D eigenvalue weighted by Crippen LogP contribution is 2.32. The summed E-state index contributed by atoms with van der Waals surface area (Å²) >= 11 is 6.69. The van der Waals surface area contributed by atoms with Crippen LogP contribution in [-0.2, 0) is 4.74 Å². The molecule has 2 atom stereocenters. The maximum atomic E-state index is 14.6. The van der Waals surface area contributed by atoms with E-state index in [2.05, 4.69) is 19.9 Å². The molecule has 5 heterocycles. The molecule has 0 radical (unpaired) electrons. The fourth-order valence-electron chi connectivity index (χ4n) is 4.90. The molecule has 0 aromatic carbocycles. The number of amides is 1. The second-order valence-corrected chi connectivity index (χ2v) is 11.1. The van der Waals surface area contributed by atoms with Gasteiger partial charge in [-0.25, -0.2) is 24.1 Å². The average Bonchev–Trinajstić information content (AvgIpc) is 3.18. The first-order chi connectivity index (χ1) is 17.4. The van der Waals surface area contributed by atoms with E-state index in [-0.39, 0.29) is 23.8 Å². The zero-order chi connectivity index (χ0) is 26.6. The minimum absolute atomic E-state index is 0.0538. The predicted molar refractivity (Wildman–Crippen MR) is 143 cm³/mol. The number of halogens is 2. The Kier molecular flexibility index (Phi) is 6.22. The molecule has 10 heteroatoms. The Balaban J connectivity index is 1.42. The van der Waals surface area contributed by atoms with Crippen LogP contribution in [0.2, 0.25) is 5.02 Å². The van der Waals surface area contributed by atoms with Gasteiger partial charge in [0.25, 0.3) is 0 Å². The van der Waals surface area contributed by atoms with E-state index < -0.39 is 11.4 Å². The van der Waals surface area contributed by atoms with Gasteiger partial charge in [0.05, 0.1) is 40.4 Å². The summed E-state index contributed by atoms with van der Waals surface area (Å²) < 4.78 is 21.9. The van der Waals surface area contributed by atoms with Crippen LogP contribution < -0.4 is 4.90 Å². The summed E-state index contributed by atoms with van der Waals surface area (Å²) in [5.41, 5.74) is 2.93. The van der Waals surface area contributed by atoms with Crippen molar-refractivity contribution in [2.24, 2.45) is 0 Å². The van der Waals surface area contributed by atoms with Gasteiger partial charge in [-0.15, -0.1) is 0 Å². The van der Waals surface area contributed by atoms with Gasteiger partial charge >= 0.3 is 6.09 Å². The molecule has 1 fully saturated rings. The summed E-state index contributed by atoms with van der Waals surface area (Å²) in [6.45, 7) is 12.7. The number of imidazole rings is 1. The minimum Gasteiger partial charge on any atom is -0.444 e. The standard InChI is InChI=1S/C27H30ClFN6O2/c1-15-11-34-14-18(7-22(29)25(34)31-15)23-9-21(28)20-8-19(10-30-24(20)32-23)33-12-16(2)35(17(3)13-33)26(36)37-27(4,5)6/h7-11,14,16-17H,12-13H2,1-6H3/t16-,17-/m1/s1. The van der Waals surface area contributed by atoms with Crippen molar-refractivity contribution in [1.82, 2.24) is 24.3 Å². The van der Waals surface area contributed by atoms with E-state index in [0.29, 0.717) is 40.4 Å². The smallest absolute Gasteiger partial charge is 0.410 e. The molecule has 0 spiro atoms. The van der Waals surface area contributed by atoms with Gasteiger partial charge in [0.15, 0.2) is 17.1 Å². The summed E-state index contributed by atoms with van der Waals surface area (Å²) in [7, 11) is 0. The van der Waals surface area contributed by atoms with Crippen LogP contribution in [0.3, 0.4) is 0 Å². The molecule has 0 bridgehead atoms. The van der Waals surface area contributed by atoms with E-state index in [9.17, 15) is 9.18 Å². The zero-order valence-electron chi connectivity index (χ0n) is 21.8. The van der Waals surface area contributed by atoms with E-state index >= 15 is 0 Å². The van der Waals surface area contributed by atoms with E-state index in [0.717, 1.165) is 11.4 Å². The van der Waals surface area contributed by atoms with Gasteiger partial charge in [-0.3, -0.25) is 4.90 Å². The number of hydrogen-bond acceptors (Lipinski definition) is 6. The maximum absolute atomic E-state index is 14.6. The maximum Gasteiger partial charge on any atom is 0.410 e. The van der Waals surface area contributed by atoms with Crippen molar-refractivity contribution in [1.29, 1.82) is 0 Å². The van der Waals surface area contributed by atoms with Gasteiger partial charge in [0.2, 0.25) is 0 Å². The van der Waals surface area contributed by atoms with E-state index in [1.807, 2.05) is 47.6 Å². The van der Waals surface area contributed by atoms with Gasteiger partial charge in [-0.05, 0) is 59.7 Å². The van der Waals surface area contributed by atoms with Crippen LogP contribution in [0.5, 0.6) is 0 Å². The lowest BCUT2D eigenvalue weighted by molar-refractivity contribution is 0.00566. The van der Waals surface area contributed by atoms with Crippen molar-refractivity contribution in [2.45, 2.75) is 59.2 Å². The second kappa shape index (κ2) is 9.13. The Bertz CT molecular complexity index is 1500. The Morgan fingerprint density at radius 2 is 1.81 bits per heavy atom. The molecule has 4 aromatic rings. The molecule has 5 rings (SSSR count). The largest absolute Gasteiger partial charge is 0.444 e. The predicted octanol–water partition coefficient (Wildman–Crippen LogP) is 5.88. The lowest BCUT2D eigenvalue weighted by Crippen LogP contribution is -2.59. The zero-order valence-corrected chi connectivity index (χ0v) is 22.5. The molecular formula is C27H30ClFN6O2. The first-order valence-corrected chi connectivity index (χ1v) is 12.6. The Morgan fingerprint density at radius 1 is 1.11 bits per heavy atom. The van der Waals surface area contributed by atoms with Gasteiger partial charge in [0, 0.05) is 36.4 Å². The van der Waals surface area contributed by atoms with E-state index in [1.54, 1.807) is 34.0 Å². The number of aryl methyl sites for hydroxylation is 1. The van der Waals surface area contributed by atoms with Crippen molar-refractivity contribution in [3.63, 3.8) is 0 Å². The fourth-order valence-corrected chi connectivity index (χ4v) is 5.15. The molecule has 194 valence electrons. The Hall–Kier alpha value is -3.46. The fraction of sp³-hybridized carbons (Fsp3) is 0.407. The molecular weight excluding hydrogens is 495 g/mol. The number of rotatable bonds is 2. The third-order valence-corrected chi connectivity index (χ3v) is 6.72. The van der Waals surface area contributed by atoms with Crippen LogP contribution in [-0.4, -0.2) is 61.1 Å². The van der Waals surface area contributed by atoms with Crippen LogP contribution >= 0.6 is 11.6 Å². The van der Waals surface area contributed by atoms with Crippen molar-refractivity contribution >= 4 is 40.1 Å². The molecule has 1 aliphatic rings. The highest BCUT2D eigenvalue weighted by Gasteiger charge is 2.35. The Labute approximate surface area is 220 Å². The van der Waals surface area contributed by atoms with Crippen LogP contribution in [0, 0.1) is 12.7 Å². The average molecular weight is 525 g/mol. The summed E-state index contributed by atoms with van der Waals surface area (Å²) in [5.74, 6) is -0.430. The van der Waals surface area contributed by atoms with Crippen molar-refractivity contribution in [2.75, 3.05) is 18.0 Å². The quantitative estimate of drug-likeness (QED) is 0.326. The number of anilines is 1. The number of aromatic nitrogens is 4. The number of ether oxygens (including phenoxy) is 1. The Morgan fingerprint density at radius 3 is 2.49 bits per heavy atom. The number of fused-ring (bicyclic) bond motifs is 2. The third kappa shape index (κ3) is 4.92. The van der Waals surface area contributed by atoms with Crippen LogP contribution in [0.1, 0.15) is 40.3 Å². The van der Waals surface area contributed by atoms with Crippen molar-refractivity contribution in [3.8, 4) is 11.3 Å². The first kappa shape index (κ1) is 25.2. The number of carbonyl (C=O) groups excluding carboxylic acids is 1. The van der Waals surface area contributed by atoms with Gasteiger partial charge in [0.1, 0.15) is 5.60 Å². The second-order valence-electron chi connectivity index (χ2n) is 10.7. The summed E-state index contributed by atoms with van der Waals surface area (Å²) in [6, 6.07) is 5.00. The van der Waals surface area contributed by atoms with Crippen LogP contribution in [0.4, 0.5) is 14.9 Å². The molecule has 1 saturated heterocycles. The summed E-state index contributed by atoms with van der Waals surface area (Å²) in [4.78, 5) is 30.2. The van der Waals surface area contributed by atoms with Gasteiger partial charge in [-0.1, -0.05) is 11.6 Å². The molecule has 37 heavy (non-hydrogen) atoms. The van der Waals surface area contributed by atoms with E-state index in [4.69, 9.17) is 16.3 Å². The number of piperazine rings is 1. The van der Waals surface area contributed by atoms with Crippen molar-refractivity contribution < 1.29 is 13.9 Å². The molecule has 4 aromatic heterocycles. The molecule has 0 aliphatic carbocycles. The number of pyridine rings is 3. The third-order valence-electron chi connectivity index (χ3n) is 6.41.